The molecule has 0 amide bonds. The molecule has 0 heteroatoms. The minimum Gasteiger partial charge on any atom is -0.0654 e. The molecule has 0 aromatic rings. The summed E-state index contributed by atoms with van der Waals surface area (Å²) < 4.78 is 0. The van der Waals surface area contributed by atoms with E-state index >= 15 is 0 Å². The third kappa shape index (κ3) is 37.4. The van der Waals surface area contributed by atoms with Crippen LogP contribution in [-0.4, -0.2) is 0 Å². The molecule has 0 saturated carbocycles. The van der Waals surface area contributed by atoms with Gasteiger partial charge in [0.2, 0.25) is 0 Å². The lowest BCUT2D eigenvalue weighted by Crippen LogP contribution is -1.92. The van der Waals surface area contributed by atoms with Gasteiger partial charge >= 0.3 is 0 Å². The molecule has 0 N–H and O–H groups in total. The molecular formula is C27H60. The zero-order valence-corrected chi connectivity index (χ0v) is 21.3. The molecule has 0 fully saturated rings. The van der Waals surface area contributed by atoms with Gasteiger partial charge in [0.25, 0.3) is 0 Å². The van der Waals surface area contributed by atoms with Crippen molar-refractivity contribution in [3.63, 3.8) is 0 Å². The predicted octanol–water partition coefficient (Wildman–Crippen LogP) is 10.8. The summed E-state index contributed by atoms with van der Waals surface area (Å²) in [7, 11) is 0. The Kier molecular flexibility index (Phi) is 33.1. The average Bonchev–Trinajstić information content (AvgIpc) is 2.65. The SMILES string of the molecule is CCCCC(C)CCC.CCCCCC(C)CC.CCCCCCC(C)C. The summed E-state index contributed by atoms with van der Waals surface area (Å²) in [6.07, 6.45) is 21.1. The first kappa shape index (κ1) is 31.7. The highest BCUT2D eigenvalue weighted by molar-refractivity contribution is 4.51. The summed E-state index contributed by atoms with van der Waals surface area (Å²) in [6.45, 7) is 20.6. The molecule has 27 heavy (non-hydrogen) atoms. The third-order valence-electron chi connectivity index (χ3n) is 5.46. The van der Waals surface area contributed by atoms with E-state index in [1.54, 1.807) is 0 Å². The molecule has 0 aromatic heterocycles. The van der Waals surface area contributed by atoms with Crippen molar-refractivity contribution < 1.29 is 0 Å². The molecule has 0 aliphatic heterocycles. The van der Waals surface area contributed by atoms with E-state index in [9.17, 15) is 0 Å². The normalized spacial score (nSPS) is 12.7. The minimum atomic E-state index is 0.904. The highest BCUT2D eigenvalue weighted by Crippen LogP contribution is 2.13. The summed E-state index contributed by atoms with van der Waals surface area (Å²) in [4.78, 5) is 0. The quantitative estimate of drug-likeness (QED) is 0.246. The van der Waals surface area contributed by atoms with Crippen LogP contribution >= 0.6 is 0 Å². The van der Waals surface area contributed by atoms with Gasteiger partial charge in [-0.1, -0.05) is 159 Å². The van der Waals surface area contributed by atoms with E-state index in [1.165, 1.54) is 96.3 Å². The molecule has 0 aromatic carbocycles. The monoisotopic (exact) mass is 384 g/mol. The largest absolute Gasteiger partial charge is 0.0654 e. The van der Waals surface area contributed by atoms with Crippen LogP contribution in [0.4, 0.5) is 0 Å². The van der Waals surface area contributed by atoms with Crippen molar-refractivity contribution in [3.05, 3.63) is 0 Å². The van der Waals surface area contributed by atoms with Gasteiger partial charge in [-0.2, -0.15) is 0 Å². The molecule has 0 rings (SSSR count). The summed E-state index contributed by atoms with van der Waals surface area (Å²) in [5.74, 6) is 2.83. The van der Waals surface area contributed by atoms with E-state index in [-0.39, 0.29) is 0 Å². The Hall–Kier alpha value is 0. The van der Waals surface area contributed by atoms with Crippen molar-refractivity contribution in [2.45, 2.75) is 159 Å². The van der Waals surface area contributed by atoms with Crippen molar-refractivity contribution in [3.8, 4) is 0 Å². The van der Waals surface area contributed by atoms with E-state index in [1.807, 2.05) is 0 Å². The van der Waals surface area contributed by atoms with Crippen LogP contribution in [0.1, 0.15) is 159 Å². The number of rotatable bonds is 15. The van der Waals surface area contributed by atoms with Gasteiger partial charge < -0.3 is 0 Å². The number of hydrogen-bond donors (Lipinski definition) is 0. The van der Waals surface area contributed by atoms with Gasteiger partial charge in [-0.3, -0.25) is 0 Å². The van der Waals surface area contributed by atoms with Crippen molar-refractivity contribution >= 4 is 0 Å². The zero-order valence-electron chi connectivity index (χ0n) is 21.3. The molecule has 0 aliphatic carbocycles. The average molecular weight is 385 g/mol. The highest BCUT2D eigenvalue weighted by atomic mass is 14.0. The van der Waals surface area contributed by atoms with Crippen molar-refractivity contribution in [1.82, 2.24) is 0 Å². The van der Waals surface area contributed by atoms with Crippen LogP contribution in [0.2, 0.25) is 0 Å². The summed E-state index contributed by atoms with van der Waals surface area (Å²) in [5, 5.41) is 0. The third-order valence-corrected chi connectivity index (χ3v) is 5.46. The highest BCUT2D eigenvalue weighted by Gasteiger charge is 1.97. The Balaban J connectivity index is -0.000000320. The second kappa shape index (κ2) is 28.2. The van der Waals surface area contributed by atoms with Crippen molar-refractivity contribution in [1.29, 1.82) is 0 Å². The van der Waals surface area contributed by atoms with Crippen LogP contribution in [0.5, 0.6) is 0 Å². The second-order valence-electron chi connectivity index (χ2n) is 9.29. The van der Waals surface area contributed by atoms with Gasteiger partial charge in [0.05, 0.1) is 0 Å². The Morgan fingerprint density at radius 3 is 1.33 bits per heavy atom. The summed E-state index contributed by atoms with van der Waals surface area (Å²) in [5.41, 5.74) is 0. The Labute approximate surface area is 176 Å². The lowest BCUT2D eigenvalue weighted by atomic mass is 10.00. The topological polar surface area (TPSA) is 0 Å². The Morgan fingerprint density at radius 2 is 0.889 bits per heavy atom. The molecule has 0 nitrogen and oxygen atoms in total. The number of unbranched alkanes of at least 4 members (excludes halogenated alkanes) is 6. The first-order valence-electron chi connectivity index (χ1n) is 12.9. The molecule has 2 atom stereocenters. The van der Waals surface area contributed by atoms with Gasteiger partial charge in [0.1, 0.15) is 0 Å². The molecular weight excluding hydrogens is 324 g/mol. The lowest BCUT2D eigenvalue weighted by Gasteiger charge is -2.07. The maximum absolute atomic E-state index is 2.36. The first-order valence-corrected chi connectivity index (χ1v) is 12.9. The molecule has 0 saturated heterocycles. The van der Waals surface area contributed by atoms with Gasteiger partial charge in [-0.05, 0) is 17.8 Å². The molecule has 0 radical (unpaired) electrons. The lowest BCUT2D eigenvalue weighted by molar-refractivity contribution is 0.466. The van der Waals surface area contributed by atoms with Crippen LogP contribution in [0.3, 0.4) is 0 Å². The Bertz CT molecular complexity index is 218. The maximum atomic E-state index is 2.36. The minimum absolute atomic E-state index is 0.904. The van der Waals surface area contributed by atoms with Crippen molar-refractivity contribution in [2.24, 2.45) is 17.8 Å². The molecule has 0 bridgehead atoms. The Morgan fingerprint density at radius 1 is 0.407 bits per heavy atom. The van der Waals surface area contributed by atoms with Crippen LogP contribution in [0.25, 0.3) is 0 Å². The number of hydrogen-bond acceptors (Lipinski definition) is 0. The fourth-order valence-electron chi connectivity index (χ4n) is 3.12. The maximum Gasteiger partial charge on any atom is -0.0443 e. The van der Waals surface area contributed by atoms with Crippen LogP contribution in [0, 0.1) is 17.8 Å². The summed E-state index contributed by atoms with van der Waals surface area (Å²) in [6, 6.07) is 0. The van der Waals surface area contributed by atoms with E-state index in [0.29, 0.717) is 0 Å². The van der Waals surface area contributed by atoms with Gasteiger partial charge in [0, 0.05) is 0 Å². The smallest absolute Gasteiger partial charge is 0.0443 e. The molecule has 0 aliphatic rings. The molecule has 0 heterocycles. The second-order valence-corrected chi connectivity index (χ2v) is 9.29. The van der Waals surface area contributed by atoms with Crippen LogP contribution < -0.4 is 0 Å². The van der Waals surface area contributed by atoms with Gasteiger partial charge in [-0.25, -0.2) is 0 Å². The zero-order chi connectivity index (χ0) is 21.3. The van der Waals surface area contributed by atoms with E-state index < -0.39 is 0 Å². The van der Waals surface area contributed by atoms with Crippen LogP contribution in [-0.2, 0) is 0 Å². The summed E-state index contributed by atoms with van der Waals surface area (Å²) >= 11 is 0. The van der Waals surface area contributed by atoms with Gasteiger partial charge in [0.15, 0.2) is 0 Å². The predicted molar refractivity (Wildman–Crippen MR) is 131 cm³/mol. The molecule has 2 unspecified atom stereocenters. The first-order chi connectivity index (χ1) is 12.9. The standard InChI is InChI=1S/3C9H20/c1-4-5-6-7-8-9(2)3;1-4-6-7-8-9(3)5-2;1-4-6-8-9(3)7-5-2/h3*9H,4-8H2,1-3H3. The van der Waals surface area contributed by atoms with E-state index in [2.05, 4.69) is 62.3 Å². The fraction of sp³-hybridized carbons (Fsp3) is 1.00. The van der Waals surface area contributed by atoms with E-state index in [0.717, 1.165) is 17.8 Å². The van der Waals surface area contributed by atoms with Gasteiger partial charge in [-0.15, -0.1) is 0 Å². The van der Waals surface area contributed by atoms with E-state index in [4.69, 9.17) is 0 Å². The fourth-order valence-corrected chi connectivity index (χ4v) is 3.12. The molecule has 0 spiro atoms. The molecule has 168 valence electrons. The van der Waals surface area contributed by atoms with Crippen LogP contribution in [0.15, 0.2) is 0 Å². The van der Waals surface area contributed by atoms with Crippen molar-refractivity contribution in [2.75, 3.05) is 0 Å².